The van der Waals surface area contributed by atoms with Crippen LogP contribution in [-0.4, -0.2) is 17.3 Å². The Labute approximate surface area is 76.5 Å². The van der Waals surface area contributed by atoms with Crippen molar-refractivity contribution in [2.24, 2.45) is 16.8 Å². The van der Waals surface area contributed by atoms with Crippen molar-refractivity contribution in [1.82, 2.24) is 0 Å². The van der Waals surface area contributed by atoms with Crippen LogP contribution in [0.5, 0.6) is 0 Å². The van der Waals surface area contributed by atoms with E-state index in [0.29, 0.717) is 23.2 Å². The molecule has 0 spiro atoms. The molecule has 2 rings (SSSR count). The molecule has 1 saturated carbocycles. The number of nitrogens with zero attached hydrogens (tertiary/aromatic N) is 1. The summed E-state index contributed by atoms with van der Waals surface area (Å²) in [7, 11) is 0. The van der Waals surface area contributed by atoms with Crippen LogP contribution < -0.4 is 0 Å². The van der Waals surface area contributed by atoms with E-state index >= 15 is 0 Å². The van der Waals surface area contributed by atoms with Gasteiger partial charge in [0.2, 0.25) is 0 Å². The van der Waals surface area contributed by atoms with Crippen LogP contribution in [0.15, 0.2) is 16.8 Å². The van der Waals surface area contributed by atoms with E-state index in [2.05, 4.69) is 4.99 Å². The standard InChI is InChI=1S/C10H11NO2/c1-5(12)9-4-7-3-8(7)10(11-9)6(2)13/h4,7-8H,3H2,1-2H3. The lowest BCUT2D eigenvalue weighted by atomic mass is 10.1. The number of fused-ring (bicyclic) bond motifs is 1. The Morgan fingerprint density at radius 3 is 2.62 bits per heavy atom. The second kappa shape index (κ2) is 2.62. The van der Waals surface area contributed by atoms with E-state index in [1.165, 1.54) is 13.8 Å². The molecular weight excluding hydrogens is 166 g/mol. The molecule has 0 bridgehead atoms. The van der Waals surface area contributed by atoms with E-state index in [1.54, 1.807) is 0 Å². The molecule has 2 unspecified atom stereocenters. The Morgan fingerprint density at radius 2 is 2.08 bits per heavy atom. The van der Waals surface area contributed by atoms with E-state index in [9.17, 15) is 9.59 Å². The number of carbonyl (C=O) groups is 2. The highest BCUT2D eigenvalue weighted by molar-refractivity contribution is 6.41. The largest absolute Gasteiger partial charge is 0.293 e. The van der Waals surface area contributed by atoms with Crippen molar-refractivity contribution in [2.75, 3.05) is 0 Å². The van der Waals surface area contributed by atoms with Crippen molar-refractivity contribution in [3.63, 3.8) is 0 Å². The number of ketones is 2. The molecule has 13 heavy (non-hydrogen) atoms. The number of aliphatic imine (C=N–C) groups is 1. The van der Waals surface area contributed by atoms with Gasteiger partial charge in [0.15, 0.2) is 11.6 Å². The highest BCUT2D eigenvalue weighted by atomic mass is 16.1. The maximum atomic E-state index is 11.1. The third-order valence-corrected chi connectivity index (χ3v) is 2.53. The first kappa shape index (κ1) is 8.35. The van der Waals surface area contributed by atoms with Crippen molar-refractivity contribution in [3.05, 3.63) is 11.8 Å². The van der Waals surface area contributed by atoms with Crippen LogP contribution in [0.4, 0.5) is 0 Å². The summed E-state index contributed by atoms with van der Waals surface area (Å²) in [6.07, 6.45) is 2.87. The van der Waals surface area contributed by atoms with Crippen molar-refractivity contribution in [3.8, 4) is 0 Å². The topological polar surface area (TPSA) is 46.5 Å². The third-order valence-electron chi connectivity index (χ3n) is 2.53. The number of rotatable bonds is 2. The van der Waals surface area contributed by atoms with Gasteiger partial charge >= 0.3 is 0 Å². The van der Waals surface area contributed by atoms with Gasteiger partial charge in [-0.25, -0.2) is 4.99 Å². The number of allylic oxidation sites excluding steroid dienone is 2. The van der Waals surface area contributed by atoms with Gasteiger partial charge < -0.3 is 0 Å². The van der Waals surface area contributed by atoms with Gasteiger partial charge in [-0.2, -0.15) is 0 Å². The molecule has 1 aliphatic heterocycles. The Hall–Kier alpha value is -1.25. The van der Waals surface area contributed by atoms with Gasteiger partial charge in [-0.1, -0.05) is 6.08 Å². The van der Waals surface area contributed by atoms with Gasteiger partial charge in [0.1, 0.15) is 5.70 Å². The smallest absolute Gasteiger partial charge is 0.177 e. The van der Waals surface area contributed by atoms with Crippen molar-refractivity contribution in [2.45, 2.75) is 20.3 Å². The predicted molar refractivity (Wildman–Crippen MR) is 48.5 cm³/mol. The molecular formula is C10H11NO2. The number of hydrogen-bond acceptors (Lipinski definition) is 3. The van der Waals surface area contributed by atoms with Crippen LogP contribution in [0.3, 0.4) is 0 Å². The van der Waals surface area contributed by atoms with Crippen LogP contribution in [0.2, 0.25) is 0 Å². The van der Waals surface area contributed by atoms with Crippen LogP contribution in [0.25, 0.3) is 0 Å². The normalized spacial score (nSPS) is 30.0. The molecule has 1 heterocycles. The van der Waals surface area contributed by atoms with E-state index < -0.39 is 0 Å². The third kappa shape index (κ3) is 1.34. The molecule has 0 aromatic heterocycles. The van der Waals surface area contributed by atoms with E-state index in [-0.39, 0.29) is 11.6 Å². The summed E-state index contributed by atoms with van der Waals surface area (Å²) in [5.41, 5.74) is 1.06. The van der Waals surface area contributed by atoms with Crippen LogP contribution in [0, 0.1) is 11.8 Å². The Balaban J connectivity index is 2.34. The zero-order valence-electron chi connectivity index (χ0n) is 7.70. The minimum Gasteiger partial charge on any atom is -0.293 e. The van der Waals surface area contributed by atoms with E-state index in [4.69, 9.17) is 0 Å². The first-order valence-electron chi connectivity index (χ1n) is 4.42. The summed E-state index contributed by atoms with van der Waals surface area (Å²) >= 11 is 0. The van der Waals surface area contributed by atoms with E-state index in [0.717, 1.165) is 6.42 Å². The van der Waals surface area contributed by atoms with Crippen LogP contribution in [0.1, 0.15) is 20.3 Å². The first-order chi connectivity index (χ1) is 6.09. The average Bonchev–Trinajstić information content (AvgIpc) is 2.79. The summed E-state index contributed by atoms with van der Waals surface area (Å²) in [6, 6.07) is 0. The predicted octanol–water partition coefficient (Wildman–Crippen LogP) is 1.14. The lowest BCUT2D eigenvalue weighted by molar-refractivity contribution is -0.113. The van der Waals surface area contributed by atoms with Gasteiger partial charge in [-0.05, 0) is 12.3 Å². The molecule has 0 radical (unpaired) electrons. The van der Waals surface area contributed by atoms with Crippen molar-refractivity contribution >= 4 is 17.3 Å². The number of carbonyl (C=O) groups excluding carboxylic acids is 2. The molecule has 0 N–H and O–H groups in total. The molecule has 2 aliphatic rings. The molecule has 3 nitrogen and oxygen atoms in total. The molecule has 1 aliphatic carbocycles. The quantitative estimate of drug-likeness (QED) is 0.635. The molecule has 0 aromatic rings. The Morgan fingerprint density at radius 1 is 1.38 bits per heavy atom. The second-order valence-corrected chi connectivity index (χ2v) is 3.67. The molecule has 68 valence electrons. The fraction of sp³-hybridized carbons (Fsp3) is 0.500. The van der Waals surface area contributed by atoms with Crippen molar-refractivity contribution in [1.29, 1.82) is 0 Å². The summed E-state index contributed by atoms with van der Waals surface area (Å²) in [5, 5.41) is 0. The Kier molecular flexibility index (Phi) is 1.68. The maximum Gasteiger partial charge on any atom is 0.177 e. The summed E-state index contributed by atoms with van der Waals surface area (Å²) < 4.78 is 0. The molecule has 1 fully saturated rings. The monoisotopic (exact) mass is 177 g/mol. The maximum absolute atomic E-state index is 11.1. The summed E-state index contributed by atoms with van der Waals surface area (Å²) in [6.45, 7) is 2.99. The number of Topliss-reactive ketones (excluding diaryl/α,β-unsaturated/α-hetero) is 2. The zero-order valence-corrected chi connectivity index (χ0v) is 7.70. The zero-order chi connectivity index (χ0) is 9.59. The molecule has 0 saturated heterocycles. The fourth-order valence-corrected chi connectivity index (χ4v) is 1.70. The summed E-state index contributed by atoms with van der Waals surface area (Å²) in [4.78, 5) is 26.3. The van der Waals surface area contributed by atoms with E-state index in [1.807, 2.05) is 6.08 Å². The highest BCUT2D eigenvalue weighted by Crippen LogP contribution is 2.44. The lowest BCUT2D eigenvalue weighted by Gasteiger charge is -2.07. The van der Waals surface area contributed by atoms with Gasteiger partial charge in [0.25, 0.3) is 0 Å². The van der Waals surface area contributed by atoms with Crippen LogP contribution in [-0.2, 0) is 9.59 Å². The molecule has 3 heteroatoms. The first-order valence-corrected chi connectivity index (χ1v) is 4.42. The SMILES string of the molecule is CC(=O)C1=CC2CC2C(C(C)=O)=N1. The lowest BCUT2D eigenvalue weighted by Crippen LogP contribution is -2.17. The van der Waals surface area contributed by atoms with Crippen molar-refractivity contribution < 1.29 is 9.59 Å². The average molecular weight is 177 g/mol. The Bertz CT molecular complexity index is 352. The molecule has 0 aromatic carbocycles. The van der Waals surface area contributed by atoms with Gasteiger partial charge in [0, 0.05) is 19.8 Å². The minimum absolute atomic E-state index is 0.000602. The van der Waals surface area contributed by atoms with Gasteiger partial charge in [-0.15, -0.1) is 0 Å². The van der Waals surface area contributed by atoms with Crippen LogP contribution >= 0.6 is 0 Å². The number of hydrogen-bond donors (Lipinski definition) is 0. The van der Waals surface area contributed by atoms with Gasteiger partial charge in [0.05, 0.1) is 5.71 Å². The molecule has 0 amide bonds. The second-order valence-electron chi connectivity index (χ2n) is 3.67. The summed E-state index contributed by atoms with van der Waals surface area (Å²) in [5.74, 6) is 0.652. The highest BCUT2D eigenvalue weighted by Gasteiger charge is 2.44. The fourth-order valence-electron chi connectivity index (χ4n) is 1.70. The van der Waals surface area contributed by atoms with Gasteiger partial charge in [-0.3, -0.25) is 9.59 Å². The minimum atomic E-state index is -0.0518. The molecule has 2 atom stereocenters.